The SMILES string of the molecule is O=C(NCc1ccc2c(c1)OCO2)C(=O)NCC(O)c1ccccc1. The van der Waals surface area contributed by atoms with E-state index in [1.165, 1.54) is 0 Å². The molecule has 0 aromatic heterocycles. The van der Waals surface area contributed by atoms with Crippen molar-refractivity contribution in [2.45, 2.75) is 12.6 Å². The third-order valence-electron chi connectivity index (χ3n) is 3.74. The number of aliphatic hydroxyl groups is 1. The molecule has 1 heterocycles. The summed E-state index contributed by atoms with van der Waals surface area (Å²) >= 11 is 0. The Hall–Kier alpha value is -3.06. The lowest BCUT2D eigenvalue weighted by Gasteiger charge is -2.12. The van der Waals surface area contributed by atoms with Crippen molar-refractivity contribution in [1.82, 2.24) is 10.6 Å². The molecule has 0 saturated heterocycles. The quantitative estimate of drug-likeness (QED) is 0.701. The van der Waals surface area contributed by atoms with Crippen molar-refractivity contribution in [1.29, 1.82) is 0 Å². The topological polar surface area (TPSA) is 96.9 Å². The van der Waals surface area contributed by atoms with Crippen molar-refractivity contribution in [3.8, 4) is 11.5 Å². The molecule has 0 spiro atoms. The second-order valence-electron chi connectivity index (χ2n) is 5.51. The molecule has 0 radical (unpaired) electrons. The Kier molecular flexibility index (Phi) is 5.15. The average molecular weight is 342 g/mol. The second-order valence-corrected chi connectivity index (χ2v) is 5.51. The van der Waals surface area contributed by atoms with E-state index in [1.54, 1.807) is 42.5 Å². The van der Waals surface area contributed by atoms with E-state index >= 15 is 0 Å². The molecule has 7 heteroatoms. The van der Waals surface area contributed by atoms with Crippen LogP contribution in [0.4, 0.5) is 0 Å². The molecule has 0 saturated carbocycles. The fraction of sp³-hybridized carbons (Fsp3) is 0.222. The highest BCUT2D eigenvalue weighted by molar-refractivity contribution is 6.35. The molecule has 130 valence electrons. The molecule has 0 bridgehead atoms. The molecule has 2 aromatic rings. The molecule has 7 nitrogen and oxygen atoms in total. The first-order valence-electron chi connectivity index (χ1n) is 7.81. The summed E-state index contributed by atoms with van der Waals surface area (Å²) in [7, 11) is 0. The van der Waals surface area contributed by atoms with E-state index in [9.17, 15) is 14.7 Å². The van der Waals surface area contributed by atoms with Gasteiger partial charge in [0.25, 0.3) is 0 Å². The molecular weight excluding hydrogens is 324 g/mol. The van der Waals surface area contributed by atoms with Crippen LogP contribution in [0.25, 0.3) is 0 Å². The van der Waals surface area contributed by atoms with Crippen molar-refractivity contribution in [2.75, 3.05) is 13.3 Å². The Morgan fingerprint density at radius 2 is 1.72 bits per heavy atom. The van der Waals surface area contributed by atoms with E-state index in [0.29, 0.717) is 17.1 Å². The smallest absolute Gasteiger partial charge is 0.309 e. The average Bonchev–Trinajstić information content (AvgIpc) is 3.12. The van der Waals surface area contributed by atoms with Gasteiger partial charge in [0.05, 0.1) is 6.10 Å². The molecule has 1 aliphatic heterocycles. The van der Waals surface area contributed by atoms with Crippen LogP contribution in [0.1, 0.15) is 17.2 Å². The minimum absolute atomic E-state index is 0.0414. The summed E-state index contributed by atoms with van der Waals surface area (Å²) in [5.74, 6) is -0.293. The van der Waals surface area contributed by atoms with Gasteiger partial charge < -0.3 is 25.2 Å². The lowest BCUT2D eigenvalue weighted by Crippen LogP contribution is -2.41. The van der Waals surface area contributed by atoms with Crippen LogP contribution in [0.2, 0.25) is 0 Å². The summed E-state index contributed by atoms with van der Waals surface area (Å²) in [4.78, 5) is 23.6. The third-order valence-corrected chi connectivity index (χ3v) is 3.74. The number of aliphatic hydroxyl groups excluding tert-OH is 1. The van der Waals surface area contributed by atoms with Gasteiger partial charge in [0.1, 0.15) is 0 Å². The van der Waals surface area contributed by atoms with Crippen molar-refractivity contribution in [3.63, 3.8) is 0 Å². The highest BCUT2D eigenvalue weighted by Gasteiger charge is 2.17. The number of fused-ring (bicyclic) bond motifs is 1. The molecule has 0 fully saturated rings. The molecule has 1 atom stereocenters. The van der Waals surface area contributed by atoms with Crippen LogP contribution in [-0.4, -0.2) is 30.3 Å². The third kappa shape index (κ3) is 4.27. The fourth-order valence-corrected chi connectivity index (χ4v) is 2.38. The summed E-state index contributed by atoms with van der Waals surface area (Å²) in [6.07, 6.45) is -0.869. The molecule has 3 N–H and O–H groups in total. The van der Waals surface area contributed by atoms with E-state index in [-0.39, 0.29) is 19.9 Å². The normalized spacial score (nSPS) is 13.2. The number of ether oxygens (including phenoxy) is 2. The Balaban J connectivity index is 1.45. The monoisotopic (exact) mass is 342 g/mol. The minimum Gasteiger partial charge on any atom is -0.454 e. The number of hydrogen-bond donors (Lipinski definition) is 3. The largest absolute Gasteiger partial charge is 0.454 e. The first-order chi connectivity index (χ1) is 12.1. The predicted octanol–water partition coefficient (Wildman–Crippen LogP) is 0.881. The van der Waals surface area contributed by atoms with Crippen molar-refractivity contribution in [3.05, 3.63) is 59.7 Å². The van der Waals surface area contributed by atoms with E-state index in [2.05, 4.69) is 10.6 Å². The maximum absolute atomic E-state index is 11.8. The van der Waals surface area contributed by atoms with E-state index < -0.39 is 17.9 Å². The standard InChI is InChI=1S/C18H18N2O5/c21-14(13-4-2-1-3-5-13)10-20-18(23)17(22)19-9-12-6-7-15-16(8-12)25-11-24-15/h1-8,14,21H,9-11H2,(H,19,22)(H,20,23). The van der Waals surface area contributed by atoms with Gasteiger partial charge >= 0.3 is 11.8 Å². The van der Waals surface area contributed by atoms with Gasteiger partial charge in [-0.1, -0.05) is 36.4 Å². The number of carbonyl (C=O) groups is 2. The predicted molar refractivity (Wildman–Crippen MR) is 88.8 cm³/mol. The van der Waals surface area contributed by atoms with Crippen LogP contribution in [0.5, 0.6) is 11.5 Å². The molecule has 3 rings (SSSR count). The van der Waals surface area contributed by atoms with Gasteiger partial charge in [0.2, 0.25) is 6.79 Å². The van der Waals surface area contributed by atoms with Crippen LogP contribution in [0.15, 0.2) is 48.5 Å². The molecule has 2 aromatic carbocycles. The van der Waals surface area contributed by atoms with Gasteiger partial charge in [-0.3, -0.25) is 9.59 Å². The zero-order valence-electron chi connectivity index (χ0n) is 13.4. The highest BCUT2D eigenvalue weighted by atomic mass is 16.7. The highest BCUT2D eigenvalue weighted by Crippen LogP contribution is 2.32. The van der Waals surface area contributed by atoms with Gasteiger partial charge in [0.15, 0.2) is 11.5 Å². The zero-order valence-corrected chi connectivity index (χ0v) is 13.4. The van der Waals surface area contributed by atoms with Crippen molar-refractivity contribution < 1.29 is 24.2 Å². The van der Waals surface area contributed by atoms with Crippen LogP contribution in [0, 0.1) is 0 Å². The summed E-state index contributed by atoms with van der Waals surface area (Å²) in [6.45, 7) is 0.321. The number of hydrogen-bond acceptors (Lipinski definition) is 5. The number of carbonyl (C=O) groups excluding carboxylic acids is 2. The van der Waals surface area contributed by atoms with Crippen LogP contribution < -0.4 is 20.1 Å². The van der Waals surface area contributed by atoms with Gasteiger partial charge in [-0.2, -0.15) is 0 Å². The molecular formula is C18H18N2O5. The fourth-order valence-electron chi connectivity index (χ4n) is 2.38. The van der Waals surface area contributed by atoms with Crippen LogP contribution >= 0.6 is 0 Å². The number of amides is 2. The molecule has 1 aliphatic rings. The Labute approximate surface area is 144 Å². The molecule has 1 unspecified atom stereocenters. The maximum Gasteiger partial charge on any atom is 0.309 e. The Bertz CT molecular complexity index is 763. The van der Waals surface area contributed by atoms with Crippen molar-refractivity contribution in [2.24, 2.45) is 0 Å². The molecule has 2 amide bonds. The lowest BCUT2D eigenvalue weighted by molar-refractivity contribution is -0.139. The van der Waals surface area contributed by atoms with Crippen molar-refractivity contribution >= 4 is 11.8 Å². The molecule has 25 heavy (non-hydrogen) atoms. The van der Waals surface area contributed by atoms with E-state index in [0.717, 1.165) is 5.56 Å². The summed E-state index contributed by atoms with van der Waals surface area (Å²) in [5, 5.41) is 14.9. The Morgan fingerprint density at radius 3 is 2.52 bits per heavy atom. The molecule has 0 aliphatic carbocycles. The zero-order chi connectivity index (χ0) is 17.6. The number of nitrogens with one attached hydrogen (secondary N) is 2. The van der Waals surface area contributed by atoms with Crippen LogP contribution in [-0.2, 0) is 16.1 Å². The minimum atomic E-state index is -0.869. The first-order valence-corrected chi connectivity index (χ1v) is 7.81. The van der Waals surface area contributed by atoms with E-state index in [1.807, 2.05) is 6.07 Å². The first kappa shape index (κ1) is 16.8. The maximum atomic E-state index is 11.8. The van der Waals surface area contributed by atoms with Gasteiger partial charge in [-0.05, 0) is 23.3 Å². The summed E-state index contributed by atoms with van der Waals surface area (Å²) in [5.41, 5.74) is 1.46. The van der Waals surface area contributed by atoms with Gasteiger partial charge in [-0.15, -0.1) is 0 Å². The van der Waals surface area contributed by atoms with E-state index in [4.69, 9.17) is 9.47 Å². The lowest BCUT2D eigenvalue weighted by atomic mass is 10.1. The number of rotatable bonds is 5. The second kappa shape index (κ2) is 7.67. The van der Waals surface area contributed by atoms with Gasteiger partial charge in [-0.25, -0.2) is 0 Å². The Morgan fingerprint density at radius 1 is 1.00 bits per heavy atom. The van der Waals surface area contributed by atoms with Crippen LogP contribution in [0.3, 0.4) is 0 Å². The summed E-state index contributed by atoms with van der Waals surface area (Å²) < 4.78 is 10.5. The van der Waals surface area contributed by atoms with Gasteiger partial charge in [0, 0.05) is 13.1 Å². The summed E-state index contributed by atoms with van der Waals surface area (Å²) in [6, 6.07) is 14.2. The number of benzene rings is 2.